The van der Waals surface area contributed by atoms with Crippen LogP contribution < -0.4 is 0 Å². The average Bonchev–Trinajstić information content (AvgIpc) is 2.04. The zero-order valence-electron chi connectivity index (χ0n) is 6.58. The Morgan fingerprint density at radius 1 is 1.58 bits per heavy atom. The molecule has 0 aliphatic rings. The lowest BCUT2D eigenvalue weighted by Crippen LogP contribution is -2.06. The zero-order chi connectivity index (χ0) is 9.40. The number of hydrogen-bond acceptors (Lipinski definition) is 4. The number of nitriles is 1. The van der Waals surface area contributed by atoms with E-state index in [9.17, 15) is 9.59 Å². The first-order valence-corrected chi connectivity index (χ1v) is 3.38. The third-order valence-electron chi connectivity index (χ3n) is 1.07. The largest absolute Gasteiger partial charge is 0.462 e. The van der Waals surface area contributed by atoms with Crippen molar-refractivity contribution < 1.29 is 14.3 Å². The van der Waals surface area contributed by atoms with Gasteiger partial charge in [0.25, 0.3) is 0 Å². The van der Waals surface area contributed by atoms with Crippen molar-refractivity contribution in [2.24, 2.45) is 0 Å². The molecular formula is C8H9NO3. The molecule has 0 aliphatic carbocycles. The van der Waals surface area contributed by atoms with E-state index in [2.05, 4.69) is 11.3 Å². The first-order valence-electron chi connectivity index (χ1n) is 3.38. The van der Waals surface area contributed by atoms with Gasteiger partial charge in [-0.05, 0) is 0 Å². The molecule has 0 aromatic heterocycles. The maximum Gasteiger partial charge on any atom is 0.330 e. The van der Waals surface area contributed by atoms with Crippen molar-refractivity contribution in [1.82, 2.24) is 0 Å². The molecule has 4 heteroatoms. The second kappa shape index (κ2) is 6.10. The van der Waals surface area contributed by atoms with Gasteiger partial charge in [0.15, 0.2) is 0 Å². The molecule has 0 atom stereocenters. The van der Waals surface area contributed by atoms with Crippen LogP contribution in [0.2, 0.25) is 0 Å². The van der Waals surface area contributed by atoms with Crippen LogP contribution in [-0.4, -0.2) is 18.4 Å². The summed E-state index contributed by atoms with van der Waals surface area (Å²) in [7, 11) is 0. The number of rotatable bonds is 5. The molecule has 0 N–H and O–H groups in total. The summed E-state index contributed by atoms with van der Waals surface area (Å²) in [6, 6.07) is 1.71. The molecule has 0 spiro atoms. The smallest absolute Gasteiger partial charge is 0.330 e. The summed E-state index contributed by atoms with van der Waals surface area (Å²) in [4.78, 5) is 21.1. The van der Waals surface area contributed by atoms with E-state index in [0.717, 1.165) is 6.08 Å². The normalized spacial score (nSPS) is 8.25. The standard InChI is InChI=1S/C8H9NO3/c1-2-8(11)12-6-4-7(10)3-5-9/h2H,1,3-4,6H2. The lowest BCUT2D eigenvalue weighted by molar-refractivity contribution is -0.138. The number of Topliss-reactive ketones (excluding diaryl/α,β-unsaturated/α-hetero) is 1. The van der Waals surface area contributed by atoms with Gasteiger partial charge in [0.2, 0.25) is 0 Å². The van der Waals surface area contributed by atoms with Crippen molar-refractivity contribution in [1.29, 1.82) is 5.26 Å². The van der Waals surface area contributed by atoms with Gasteiger partial charge in [0.05, 0.1) is 19.1 Å². The summed E-state index contributed by atoms with van der Waals surface area (Å²) < 4.78 is 4.52. The van der Waals surface area contributed by atoms with Crippen molar-refractivity contribution in [2.75, 3.05) is 6.61 Å². The van der Waals surface area contributed by atoms with Crippen LogP contribution in [0.1, 0.15) is 12.8 Å². The minimum absolute atomic E-state index is 0.0192. The maximum atomic E-state index is 10.7. The quantitative estimate of drug-likeness (QED) is 0.444. The summed E-state index contributed by atoms with van der Waals surface area (Å²) in [6.45, 7) is 3.20. The lowest BCUT2D eigenvalue weighted by Gasteiger charge is -1.98. The van der Waals surface area contributed by atoms with Crippen molar-refractivity contribution in [2.45, 2.75) is 12.8 Å². The van der Waals surface area contributed by atoms with Gasteiger partial charge < -0.3 is 4.74 Å². The molecule has 4 nitrogen and oxygen atoms in total. The van der Waals surface area contributed by atoms with Gasteiger partial charge in [0, 0.05) is 12.5 Å². The number of ketones is 1. The molecule has 12 heavy (non-hydrogen) atoms. The first kappa shape index (κ1) is 10.4. The Hall–Kier alpha value is -1.63. The first-order chi connectivity index (χ1) is 5.70. The van der Waals surface area contributed by atoms with E-state index in [4.69, 9.17) is 5.26 Å². The molecule has 0 amide bonds. The van der Waals surface area contributed by atoms with Gasteiger partial charge in [-0.15, -0.1) is 0 Å². The van der Waals surface area contributed by atoms with Crippen molar-refractivity contribution in [3.63, 3.8) is 0 Å². The Morgan fingerprint density at radius 3 is 2.75 bits per heavy atom. The highest BCUT2D eigenvalue weighted by Crippen LogP contribution is 1.90. The van der Waals surface area contributed by atoms with Crippen LogP contribution in [0.5, 0.6) is 0 Å². The van der Waals surface area contributed by atoms with E-state index >= 15 is 0 Å². The van der Waals surface area contributed by atoms with Gasteiger partial charge in [-0.25, -0.2) is 4.79 Å². The van der Waals surface area contributed by atoms with E-state index in [1.54, 1.807) is 6.07 Å². The Kier molecular flexibility index (Phi) is 5.28. The predicted octanol–water partition coefficient (Wildman–Crippen LogP) is 0.588. The van der Waals surface area contributed by atoms with Crippen LogP contribution in [0.3, 0.4) is 0 Å². The molecule has 0 aromatic rings. The Morgan fingerprint density at radius 2 is 2.25 bits per heavy atom. The molecule has 64 valence electrons. The van der Waals surface area contributed by atoms with E-state index in [1.807, 2.05) is 0 Å². The van der Waals surface area contributed by atoms with Crippen LogP contribution in [0.15, 0.2) is 12.7 Å². The Bertz CT molecular complexity index is 227. The molecule has 0 aromatic carbocycles. The monoisotopic (exact) mass is 167 g/mol. The molecule has 0 unspecified atom stereocenters. The minimum Gasteiger partial charge on any atom is -0.462 e. The third-order valence-corrected chi connectivity index (χ3v) is 1.07. The fraction of sp³-hybridized carbons (Fsp3) is 0.375. The fourth-order valence-corrected chi connectivity index (χ4v) is 0.501. The van der Waals surface area contributed by atoms with Crippen LogP contribution in [0.4, 0.5) is 0 Å². The fourth-order valence-electron chi connectivity index (χ4n) is 0.501. The molecule has 0 fully saturated rings. The van der Waals surface area contributed by atoms with Gasteiger partial charge in [-0.2, -0.15) is 5.26 Å². The molecule has 0 aliphatic heterocycles. The summed E-state index contributed by atoms with van der Waals surface area (Å²) in [6.07, 6.45) is 0.980. The maximum absolute atomic E-state index is 10.7. The van der Waals surface area contributed by atoms with E-state index < -0.39 is 5.97 Å². The van der Waals surface area contributed by atoms with E-state index in [-0.39, 0.29) is 25.2 Å². The molecule has 0 rings (SSSR count). The van der Waals surface area contributed by atoms with Gasteiger partial charge in [0.1, 0.15) is 5.78 Å². The molecule has 0 saturated carbocycles. The van der Waals surface area contributed by atoms with Crippen molar-refractivity contribution >= 4 is 11.8 Å². The predicted molar refractivity (Wildman–Crippen MR) is 41.0 cm³/mol. The number of esters is 1. The Labute approximate surface area is 70.4 Å². The average molecular weight is 167 g/mol. The number of carbonyl (C=O) groups excluding carboxylic acids is 2. The highest BCUT2D eigenvalue weighted by atomic mass is 16.5. The number of carbonyl (C=O) groups is 2. The minimum atomic E-state index is -0.556. The number of nitrogens with zero attached hydrogens (tertiary/aromatic N) is 1. The second-order valence-electron chi connectivity index (χ2n) is 2.00. The SMILES string of the molecule is C=CC(=O)OCCC(=O)CC#N. The second-order valence-corrected chi connectivity index (χ2v) is 2.00. The number of ether oxygens (including phenoxy) is 1. The number of hydrogen-bond donors (Lipinski definition) is 0. The molecular weight excluding hydrogens is 158 g/mol. The van der Waals surface area contributed by atoms with Crippen LogP contribution in [0, 0.1) is 11.3 Å². The van der Waals surface area contributed by atoms with Gasteiger partial charge in [-0.1, -0.05) is 6.58 Å². The molecule has 0 saturated heterocycles. The molecule has 0 radical (unpaired) electrons. The van der Waals surface area contributed by atoms with Crippen molar-refractivity contribution in [3.05, 3.63) is 12.7 Å². The summed E-state index contributed by atoms with van der Waals surface area (Å²) in [5.41, 5.74) is 0. The van der Waals surface area contributed by atoms with Crippen LogP contribution in [0.25, 0.3) is 0 Å². The topological polar surface area (TPSA) is 67.2 Å². The highest BCUT2D eigenvalue weighted by Gasteiger charge is 2.01. The van der Waals surface area contributed by atoms with Crippen LogP contribution in [-0.2, 0) is 14.3 Å². The van der Waals surface area contributed by atoms with Crippen molar-refractivity contribution in [3.8, 4) is 6.07 Å². The zero-order valence-corrected chi connectivity index (χ0v) is 6.58. The highest BCUT2D eigenvalue weighted by molar-refractivity contribution is 5.82. The summed E-state index contributed by atoms with van der Waals surface area (Å²) >= 11 is 0. The molecule has 0 bridgehead atoms. The van der Waals surface area contributed by atoms with Gasteiger partial charge >= 0.3 is 5.97 Å². The Balaban J connectivity index is 3.44. The van der Waals surface area contributed by atoms with Gasteiger partial charge in [-0.3, -0.25) is 4.79 Å². The third kappa shape index (κ3) is 5.18. The summed E-state index contributed by atoms with van der Waals surface area (Å²) in [5.74, 6) is -0.783. The molecule has 0 heterocycles. The van der Waals surface area contributed by atoms with E-state index in [0.29, 0.717) is 0 Å². The van der Waals surface area contributed by atoms with Crippen LogP contribution >= 0.6 is 0 Å². The summed E-state index contributed by atoms with van der Waals surface area (Å²) in [5, 5.41) is 8.10. The van der Waals surface area contributed by atoms with E-state index in [1.165, 1.54) is 0 Å². The lowest BCUT2D eigenvalue weighted by atomic mass is 10.2.